The molecular formula is C16H19NO. The normalized spacial score (nSPS) is 10.3. The summed E-state index contributed by atoms with van der Waals surface area (Å²) in [4.78, 5) is 0. The maximum atomic E-state index is 5.78. The van der Waals surface area contributed by atoms with Gasteiger partial charge >= 0.3 is 0 Å². The van der Waals surface area contributed by atoms with Gasteiger partial charge in [-0.15, -0.1) is 0 Å². The van der Waals surface area contributed by atoms with Gasteiger partial charge in [0.15, 0.2) is 0 Å². The van der Waals surface area contributed by atoms with Crippen molar-refractivity contribution < 1.29 is 4.74 Å². The number of hydrogen-bond donors (Lipinski definition) is 1. The van der Waals surface area contributed by atoms with E-state index in [-0.39, 0.29) is 0 Å². The van der Waals surface area contributed by atoms with E-state index in [1.54, 1.807) is 0 Å². The highest BCUT2D eigenvalue weighted by Crippen LogP contribution is 2.14. The van der Waals surface area contributed by atoms with Crippen LogP contribution in [-0.2, 0) is 13.2 Å². The Morgan fingerprint density at radius 2 is 1.56 bits per heavy atom. The van der Waals surface area contributed by atoms with Gasteiger partial charge in [0.05, 0.1) is 0 Å². The van der Waals surface area contributed by atoms with E-state index < -0.39 is 0 Å². The monoisotopic (exact) mass is 241 g/mol. The van der Waals surface area contributed by atoms with Crippen molar-refractivity contribution >= 4 is 0 Å². The minimum Gasteiger partial charge on any atom is -0.489 e. The van der Waals surface area contributed by atoms with Crippen molar-refractivity contribution in [1.29, 1.82) is 0 Å². The zero-order valence-electron chi connectivity index (χ0n) is 10.7. The number of para-hydroxylation sites is 1. The zero-order valence-corrected chi connectivity index (χ0v) is 10.7. The number of rotatable bonds is 6. The third-order valence-corrected chi connectivity index (χ3v) is 2.82. The summed E-state index contributed by atoms with van der Waals surface area (Å²) in [6.45, 7) is 4.60. The predicted octanol–water partition coefficient (Wildman–Crippen LogP) is 3.38. The number of hydrogen-bond acceptors (Lipinski definition) is 2. The van der Waals surface area contributed by atoms with Crippen LogP contribution >= 0.6 is 0 Å². The Morgan fingerprint density at radius 1 is 0.889 bits per heavy atom. The van der Waals surface area contributed by atoms with E-state index in [1.807, 2.05) is 30.3 Å². The lowest BCUT2D eigenvalue weighted by molar-refractivity contribution is 0.304. The van der Waals surface area contributed by atoms with E-state index in [0.717, 1.165) is 18.8 Å². The van der Waals surface area contributed by atoms with Crippen LogP contribution in [0.4, 0.5) is 0 Å². The minimum absolute atomic E-state index is 0.617. The molecule has 0 heterocycles. The molecule has 2 heteroatoms. The maximum absolute atomic E-state index is 5.78. The molecule has 0 aliphatic rings. The molecule has 0 bridgehead atoms. The quantitative estimate of drug-likeness (QED) is 0.837. The molecule has 0 aliphatic carbocycles. The highest BCUT2D eigenvalue weighted by Gasteiger charge is 2.01. The van der Waals surface area contributed by atoms with Gasteiger partial charge in [0, 0.05) is 6.54 Å². The van der Waals surface area contributed by atoms with Gasteiger partial charge in [-0.2, -0.15) is 0 Å². The molecule has 94 valence electrons. The van der Waals surface area contributed by atoms with Crippen LogP contribution in [-0.4, -0.2) is 6.54 Å². The first kappa shape index (κ1) is 12.7. The number of benzene rings is 2. The first-order valence-corrected chi connectivity index (χ1v) is 6.35. The number of nitrogens with one attached hydrogen (secondary N) is 1. The molecule has 2 aromatic carbocycles. The predicted molar refractivity (Wildman–Crippen MR) is 74.6 cm³/mol. The Kier molecular flexibility index (Phi) is 4.79. The van der Waals surface area contributed by atoms with Gasteiger partial charge in [-0.1, -0.05) is 49.4 Å². The smallest absolute Gasteiger partial charge is 0.119 e. The molecule has 0 saturated carbocycles. The molecule has 0 radical (unpaired) electrons. The lowest BCUT2D eigenvalue weighted by atomic mass is 10.1. The summed E-state index contributed by atoms with van der Waals surface area (Å²) in [5.41, 5.74) is 2.54. The number of ether oxygens (including phenoxy) is 1. The second-order valence-corrected chi connectivity index (χ2v) is 4.15. The fraction of sp³-hybridized carbons (Fsp3) is 0.250. The van der Waals surface area contributed by atoms with Crippen LogP contribution in [0.2, 0.25) is 0 Å². The Balaban J connectivity index is 2.00. The van der Waals surface area contributed by atoms with Crippen LogP contribution < -0.4 is 10.1 Å². The van der Waals surface area contributed by atoms with Crippen molar-refractivity contribution in [3.63, 3.8) is 0 Å². The molecule has 0 amide bonds. The molecule has 0 fully saturated rings. The second kappa shape index (κ2) is 6.82. The van der Waals surface area contributed by atoms with Crippen molar-refractivity contribution in [2.75, 3.05) is 6.54 Å². The molecule has 2 aromatic rings. The maximum Gasteiger partial charge on any atom is 0.119 e. The molecule has 0 aromatic heterocycles. The summed E-state index contributed by atoms with van der Waals surface area (Å²) in [5, 5.41) is 3.35. The van der Waals surface area contributed by atoms with E-state index in [4.69, 9.17) is 4.74 Å². The van der Waals surface area contributed by atoms with E-state index in [2.05, 4.69) is 36.5 Å². The zero-order chi connectivity index (χ0) is 12.6. The molecule has 0 aliphatic heterocycles. The van der Waals surface area contributed by atoms with E-state index in [9.17, 15) is 0 Å². The molecule has 0 saturated heterocycles. The Morgan fingerprint density at radius 3 is 2.28 bits per heavy atom. The fourth-order valence-electron chi connectivity index (χ4n) is 1.81. The minimum atomic E-state index is 0.617. The largest absolute Gasteiger partial charge is 0.489 e. The van der Waals surface area contributed by atoms with Crippen molar-refractivity contribution in [2.24, 2.45) is 0 Å². The Labute approximate surface area is 109 Å². The summed E-state index contributed by atoms with van der Waals surface area (Å²) in [7, 11) is 0. The summed E-state index contributed by atoms with van der Waals surface area (Å²) in [5.74, 6) is 0.913. The Hall–Kier alpha value is -1.80. The highest BCUT2D eigenvalue weighted by molar-refractivity contribution is 5.28. The van der Waals surface area contributed by atoms with Gasteiger partial charge in [-0.05, 0) is 29.8 Å². The van der Waals surface area contributed by atoms with Crippen LogP contribution in [0, 0.1) is 0 Å². The lowest BCUT2D eigenvalue weighted by Crippen LogP contribution is -2.13. The standard InChI is InChI=1S/C16H19NO/c1-2-17-12-14-8-6-7-9-15(14)13-18-16-10-4-3-5-11-16/h3-11,17H,2,12-13H2,1H3. The first-order chi connectivity index (χ1) is 8.90. The third kappa shape index (κ3) is 3.60. The van der Waals surface area contributed by atoms with Gasteiger partial charge in [-0.3, -0.25) is 0 Å². The van der Waals surface area contributed by atoms with Crippen LogP contribution in [0.15, 0.2) is 54.6 Å². The molecule has 2 nitrogen and oxygen atoms in total. The van der Waals surface area contributed by atoms with Gasteiger partial charge in [-0.25, -0.2) is 0 Å². The highest BCUT2D eigenvalue weighted by atomic mass is 16.5. The van der Waals surface area contributed by atoms with Gasteiger partial charge in [0.2, 0.25) is 0 Å². The van der Waals surface area contributed by atoms with Crippen molar-refractivity contribution in [1.82, 2.24) is 5.32 Å². The molecular weight excluding hydrogens is 222 g/mol. The molecule has 18 heavy (non-hydrogen) atoms. The van der Waals surface area contributed by atoms with Crippen molar-refractivity contribution in [2.45, 2.75) is 20.1 Å². The summed E-state index contributed by atoms with van der Waals surface area (Å²) in [6.07, 6.45) is 0. The molecule has 0 atom stereocenters. The van der Waals surface area contributed by atoms with Crippen LogP contribution in [0.1, 0.15) is 18.1 Å². The average molecular weight is 241 g/mol. The van der Waals surface area contributed by atoms with E-state index in [1.165, 1.54) is 11.1 Å². The summed E-state index contributed by atoms with van der Waals surface area (Å²) >= 11 is 0. The van der Waals surface area contributed by atoms with Gasteiger partial charge in [0.1, 0.15) is 12.4 Å². The van der Waals surface area contributed by atoms with Gasteiger partial charge < -0.3 is 10.1 Å². The van der Waals surface area contributed by atoms with Crippen molar-refractivity contribution in [3.05, 3.63) is 65.7 Å². The molecule has 2 rings (SSSR count). The Bertz CT molecular complexity index is 468. The lowest BCUT2D eigenvalue weighted by Gasteiger charge is -2.11. The van der Waals surface area contributed by atoms with Gasteiger partial charge in [0.25, 0.3) is 0 Å². The van der Waals surface area contributed by atoms with E-state index >= 15 is 0 Å². The molecule has 0 spiro atoms. The third-order valence-electron chi connectivity index (χ3n) is 2.82. The van der Waals surface area contributed by atoms with Crippen LogP contribution in [0.25, 0.3) is 0 Å². The fourth-order valence-corrected chi connectivity index (χ4v) is 1.81. The summed E-state index contributed by atoms with van der Waals surface area (Å²) in [6, 6.07) is 18.3. The first-order valence-electron chi connectivity index (χ1n) is 6.35. The topological polar surface area (TPSA) is 21.3 Å². The second-order valence-electron chi connectivity index (χ2n) is 4.15. The average Bonchev–Trinajstić information content (AvgIpc) is 2.45. The summed E-state index contributed by atoms with van der Waals surface area (Å²) < 4.78 is 5.78. The van der Waals surface area contributed by atoms with Crippen LogP contribution in [0.3, 0.4) is 0 Å². The molecule has 1 N–H and O–H groups in total. The van der Waals surface area contributed by atoms with Crippen LogP contribution in [0.5, 0.6) is 5.75 Å². The van der Waals surface area contributed by atoms with E-state index in [0.29, 0.717) is 6.61 Å². The van der Waals surface area contributed by atoms with Crippen molar-refractivity contribution in [3.8, 4) is 5.75 Å². The molecule has 0 unspecified atom stereocenters. The SMILES string of the molecule is CCNCc1ccccc1COc1ccccc1.